The fourth-order valence-corrected chi connectivity index (χ4v) is 3.83. The van der Waals surface area contributed by atoms with Crippen LogP contribution in [0.25, 0.3) is 0 Å². The van der Waals surface area contributed by atoms with Crippen molar-refractivity contribution in [3.05, 3.63) is 46.1 Å². The van der Waals surface area contributed by atoms with Crippen LogP contribution >= 0.6 is 0 Å². The van der Waals surface area contributed by atoms with E-state index < -0.39 is 11.8 Å². The van der Waals surface area contributed by atoms with Gasteiger partial charge in [-0.2, -0.15) is 10.2 Å². The first-order chi connectivity index (χ1) is 12.2. The Kier molecular flexibility index (Phi) is 4.69. The lowest BCUT2D eigenvalue weighted by atomic mass is 9.75. The summed E-state index contributed by atoms with van der Waals surface area (Å²) >= 11 is 0. The first kappa shape index (κ1) is 18.3. The standard InChI is InChI=1S/C20H26N4O2/c1-11-7-17(19(25)23-15(5)9-13(3)21-23)18(8-12(11)2)20(26)24-16(6)10-14(4)22-24/h9-10,17-18H,7-8H2,1-6H3/t17-,18-/m1/s1. The molecule has 0 unspecified atom stereocenters. The molecule has 2 aromatic rings. The van der Waals surface area contributed by atoms with Gasteiger partial charge < -0.3 is 0 Å². The van der Waals surface area contributed by atoms with Crippen LogP contribution in [0.3, 0.4) is 0 Å². The second-order valence-corrected chi connectivity index (χ2v) is 7.54. The Morgan fingerprint density at radius 2 is 1.12 bits per heavy atom. The maximum Gasteiger partial charge on any atom is 0.251 e. The average Bonchev–Trinajstić information content (AvgIpc) is 3.08. The normalized spacial score (nSPS) is 20.5. The molecule has 3 rings (SSSR count). The van der Waals surface area contributed by atoms with Crippen LogP contribution in [0.15, 0.2) is 23.3 Å². The molecule has 138 valence electrons. The van der Waals surface area contributed by atoms with E-state index in [9.17, 15) is 9.59 Å². The molecule has 2 atom stereocenters. The van der Waals surface area contributed by atoms with Gasteiger partial charge in [0, 0.05) is 11.4 Å². The minimum atomic E-state index is -0.423. The fraction of sp³-hybridized carbons (Fsp3) is 0.500. The molecule has 0 saturated carbocycles. The van der Waals surface area contributed by atoms with Crippen LogP contribution in [-0.4, -0.2) is 31.4 Å². The van der Waals surface area contributed by atoms with Crippen molar-refractivity contribution in [3.8, 4) is 0 Å². The molecule has 1 aliphatic rings. The van der Waals surface area contributed by atoms with Gasteiger partial charge in [0.05, 0.1) is 23.2 Å². The van der Waals surface area contributed by atoms with Crippen molar-refractivity contribution in [2.45, 2.75) is 54.4 Å². The molecular weight excluding hydrogens is 328 g/mol. The van der Waals surface area contributed by atoms with Crippen LogP contribution in [0.4, 0.5) is 0 Å². The second kappa shape index (κ2) is 6.67. The molecular formula is C20H26N4O2. The molecule has 0 aromatic carbocycles. The lowest BCUT2D eigenvalue weighted by Crippen LogP contribution is -2.39. The van der Waals surface area contributed by atoms with Crippen molar-refractivity contribution in [2.24, 2.45) is 11.8 Å². The zero-order valence-corrected chi connectivity index (χ0v) is 16.3. The summed E-state index contributed by atoms with van der Waals surface area (Å²) in [5.74, 6) is -1.06. The fourth-order valence-electron chi connectivity index (χ4n) is 3.83. The van der Waals surface area contributed by atoms with Crippen LogP contribution in [-0.2, 0) is 0 Å². The zero-order valence-electron chi connectivity index (χ0n) is 16.3. The predicted octanol–water partition coefficient (Wildman–Crippen LogP) is 3.66. The minimum Gasteiger partial charge on any atom is -0.272 e. The molecule has 0 saturated heterocycles. The summed E-state index contributed by atoms with van der Waals surface area (Å²) in [5.41, 5.74) is 5.57. The Morgan fingerprint density at radius 1 is 0.769 bits per heavy atom. The Labute approximate surface area is 153 Å². The molecule has 0 amide bonds. The molecule has 0 aliphatic heterocycles. The van der Waals surface area contributed by atoms with E-state index in [0.29, 0.717) is 12.8 Å². The van der Waals surface area contributed by atoms with Gasteiger partial charge in [-0.05, 0) is 66.5 Å². The molecule has 0 bridgehead atoms. The summed E-state index contributed by atoms with van der Waals surface area (Å²) in [6, 6.07) is 3.76. The summed E-state index contributed by atoms with van der Waals surface area (Å²) in [5, 5.41) is 8.67. The van der Waals surface area contributed by atoms with Gasteiger partial charge >= 0.3 is 0 Å². The average molecular weight is 354 g/mol. The number of aryl methyl sites for hydroxylation is 4. The van der Waals surface area contributed by atoms with Crippen molar-refractivity contribution in [3.63, 3.8) is 0 Å². The summed E-state index contributed by atoms with van der Waals surface area (Å²) in [6.07, 6.45) is 1.16. The maximum atomic E-state index is 13.2. The van der Waals surface area contributed by atoms with Gasteiger partial charge in [-0.15, -0.1) is 0 Å². The molecule has 2 aromatic heterocycles. The highest BCUT2D eigenvalue weighted by molar-refractivity contribution is 5.90. The van der Waals surface area contributed by atoms with E-state index in [2.05, 4.69) is 10.2 Å². The van der Waals surface area contributed by atoms with Crippen molar-refractivity contribution in [1.82, 2.24) is 19.6 Å². The molecule has 26 heavy (non-hydrogen) atoms. The van der Waals surface area contributed by atoms with E-state index in [-0.39, 0.29) is 11.8 Å². The molecule has 0 fully saturated rings. The first-order valence-corrected chi connectivity index (χ1v) is 8.99. The Bertz CT molecular complexity index is 842. The summed E-state index contributed by atoms with van der Waals surface area (Å²) in [6.45, 7) is 11.6. The number of allylic oxidation sites excluding steroid dienone is 2. The van der Waals surface area contributed by atoms with Gasteiger partial charge in [-0.25, -0.2) is 9.36 Å². The molecule has 1 aliphatic carbocycles. The van der Waals surface area contributed by atoms with Crippen molar-refractivity contribution in [1.29, 1.82) is 0 Å². The van der Waals surface area contributed by atoms with Crippen molar-refractivity contribution < 1.29 is 9.59 Å². The van der Waals surface area contributed by atoms with Gasteiger partial charge in [-0.3, -0.25) is 9.59 Å². The third kappa shape index (κ3) is 3.16. The summed E-state index contributed by atoms with van der Waals surface area (Å²) < 4.78 is 2.91. The highest BCUT2D eigenvalue weighted by Crippen LogP contribution is 2.36. The van der Waals surface area contributed by atoms with Gasteiger partial charge in [0.1, 0.15) is 0 Å². The molecule has 0 radical (unpaired) electrons. The van der Waals surface area contributed by atoms with Crippen LogP contribution in [0.5, 0.6) is 0 Å². The maximum absolute atomic E-state index is 13.2. The van der Waals surface area contributed by atoms with Crippen molar-refractivity contribution >= 4 is 11.8 Å². The summed E-state index contributed by atoms with van der Waals surface area (Å²) in [7, 11) is 0. The second-order valence-electron chi connectivity index (χ2n) is 7.54. The number of hydrogen-bond donors (Lipinski definition) is 0. The highest BCUT2D eigenvalue weighted by atomic mass is 16.2. The van der Waals surface area contributed by atoms with Gasteiger partial charge in [0.25, 0.3) is 11.8 Å². The van der Waals surface area contributed by atoms with Crippen molar-refractivity contribution in [2.75, 3.05) is 0 Å². The van der Waals surface area contributed by atoms with Crippen LogP contribution in [0.2, 0.25) is 0 Å². The Hall–Kier alpha value is -2.50. The lowest BCUT2D eigenvalue weighted by Gasteiger charge is -2.31. The van der Waals surface area contributed by atoms with Gasteiger partial charge in [-0.1, -0.05) is 11.1 Å². The number of carbonyl (C=O) groups excluding carboxylic acids is 2. The molecule has 6 heteroatoms. The Balaban J connectivity index is 2.00. The minimum absolute atomic E-state index is 0.109. The van der Waals surface area contributed by atoms with E-state index >= 15 is 0 Å². The molecule has 0 spiro atoms. The van der Waals surface area contributed by atoms with E-state index in [1.54, 1.807) is 0 Å². The predicted molar refractivity (Wildman–Crippen MR) is 99.2 cm³/mol. The zero-order chi connectivity index (χ0) is 19.2. The van der Waals surface area contributed by atoms with Crippen LogP contribution in [0, 0.1) is 39.5 Å². The highest BCUT2D eigenvalue weighted by Gasteiger charge is 2.39. The lowest BCUT2D eigenvalue weighted by molar-refractivity contribution is 0.0629. The molecule has 6 nitrogen and oxygen atoms in total. The SMILES string of the molecule is CC1=C(C)C[C@@H](C(=O)n2nc(C)cc2C)[C@H](C(=O)n2nc(C)cc2C)C1. The number of hydrogen-bond acceptors (Lipinski definition) is 4. The summed E-state index contributed by atoms with van der Waals surface area (Å²) in [4.78, 5) is 26.4. The topological polar surface area (TPSA) is 69.8 Å². The molecule has 0 N–H and O–H groups in total. The third-order valence-electron chi connectivity index (χ3n) is 5.34. The largest absolute Gasteiger partial charge is 0.272 e. The smallest absolute Gasteiger partial charge is 0.251 e. The number of rotatable bonds is 2. The van der Waals surface area contributed by atoms with E-state index in [1.807, 2.05) is 53.7 Å². The number of carbonyl (C=O) groups is 2. The van der Waals surface area contributed by atoms with Gasteiger partial charge in [0.2, 0.25) is 0 Å². The first-order valence-electron chi connectivity index (χ1n) is 8.99. The van der Waals surface area contributed by atoms with E-state index in [4.69, 9.17) is 0 Å². The number of nitrogens with zero attached hydrogens (tertiary/aromatic N) is 4. The quantitative estimate of drug-likeness (QED) is 0.772. The van der Waals surface area contributed by atoms with Gasteiger partial charge in [0.15, 0.2) is 0 Å². The molecule has 2 heterocycles. The third-order valence-corrected chi connectivity index (χ3v) is 5.34. The van der Waals surface area contributed by atoms with E-state index in [1.165, 1.54) is 20.5 Å². The monoisotopic (exact) mass is 354 g/mol. The van der Waals surface area contributed by atoms with E-state index in [0.717, 1.165) is 22.8 Å². The van der Waals surface area contributed by atoms with Crippen LogP contribution < -0.4 is 0 Å². The van der Waals surface area contributed by atoms with Crippen LogP contribution in [0.1, 0.15) is 59.1 Å². The number of aromatic nitrogens is 4. The Morgan fingerprint density at radius 3 is 1.38 bits per heavy atom.